The van der Waals surface area contributed by atoms with Gasteiger partial charge in [-0.25, -0.2) is 4.72 Å². The van der Waals surface area contributed by atoms with E-state index in [0.717, 1.165) is 19.5 Å². The van der Waals surface area contributed by atoms with E-state index >= 15 is 0 Å². The predicted molar refractivity (Wildman–Crippen MR) is 42.4 cm³/mol. The summed E-state index contributed by atoms with van der Waals surface area (Å²) in [7, 11) is -1.85. The van der Waals surface area contributed by atoms with Gasteiger partial charge in [-0.3, -0.25) is 0 Å². The second kappa shape index (κ2) is 3.48. The van der Waals surface area contributed by atoms with Crippen LogP contribution in [0.3, 0.4) is 0 Å². The summed E-state index contributed by atoms with van der Waals surface area (Å²) >= 11 is 0. The Morgan fingerprint density at radius 1 is 1.55 bits per heavy atom. The number of nitrogens with one attached hydrogen (secondary N) is 3. The molecule has 1 aliphatic heterocycles. The minimum absolute atomic E-state index is 0.0486. The van der Waals surface area contributed by atoms with Crippen LogP contribution in [0.2, 0.25) is 0 Å². The molecule has 0 aromatic carbocycles. The Kier molecular flexibility index (Phi) is 2.83. The average Bonchev–Trinajstić information content (AvgIpc) is 2.39. The number of hydrogen-bond acceptors (Lipinski definition) is 3. The SMILES string of the molecule is CNS(=O)(=O)N[C@H]1CCNC1. The van der Waals surface area contributed by atoms with Gasteiger partial charge in [0, 0.05) is 19.6 Å². The highest BCUT2D eigenvalue weighted by molar-refractivity contribution is 7.87. The van der Waals surface area contributed by atoms with Crippen LogP contribution in [-0.4, -0.2) is 34.6 Å². The van der Waals surface area contributed by atoms with Crippen LogP contribution >= 0.6 is 0 Å². The molecule has 1 saturated heterocycles. The van der Waals surface area contributed by atoms with Gasteiger partial charge in [0.2, 0.25) is 0 Å². The Morgan fingerprint density at radius 3 is 2.73 bits per heavy atom. The first-order chi connectivity index (χ1) is 5.14. The van der Waals surface area contributed by atoms with Crippen LogP contribution in [0, 0.1) is 0 Å². The summed E-state index contributed by atoms with van der Waals surface area (Å²) < 4.78 is 26.5. The van der Waals surface area contributed by atoms with Crippen molar-refractivity contribution in [3.8, 4) is 0 Å². The maximum atomic E-state index is 10.9. The zero-order valence-electron chi connectivity index (χ0n) is 6.42. The molecule has 0 spiro atoms. The highest BCUT2D eigenvalue weighted by Gasteiger charge is 2.19. The van der Waals surface area contributed by atoms with Crippen molar-refractivity contribution in [2.75, 3.05) is 20.1 Å². The predicted octanol–water partition coefficient (Wildman–Crippen LogP) is -1.60. The van der Waals surface area contributed by atoms with Crippen molar-refractivity contribution >= 4 is 10.2 Å². The van der Waals surface area contributed by atoms with Crippen LogP contribution in [0.1, 0.15) is 6.42 Å². The van der Waals surface area contributed by atoms with Crippen LogP contribution in [0.25, 0.3) is 0 Å². The molecule has 6 heteroatoms. The molecule has 11 heavy (non-hydrogen) atoms. The fourth-order valence-corrected chi connectivity index (χ4v) is 1.79. The zero-order chi connectivity index (χ0) is 8.32. The molecule has 0 radical (unpaired) electrons. The first-order valence-corrected chi connectivity index (χ1v) is 5.04. The molecule has 0 aromatic heterocycles. The molecule has 1 atom stereocenters. The van der Waals surface area contributed by atoms with Crippen molar-refractivity contribution in [2.45, 2.75) is 12.5 Å². The van der Waals surface area contributed by atoms with Gasteiger partial charge >= 0.3 is 0 Å². The molecular formula is C5H13N3O2S. The first kappa shape index (κ1) is 8.92. The minimum Gasteiger partial charge on any atom is -0.315 e. The fourth-order valence-electron chi connectivity index (χ4n) is 1.03. The molecule has 0 saturated carbocycles. The van der Waals surface area contributed by atoms with Crippen molar-refractivity contribution in [3.05, 3.63) is 0 Å². The molecule has 1 rings (SSSR count). The Labute approximate surface area is 66.7 Å². The van der Waals surface area contributed by atoms with Crippen LogP contribution in [0.5, 0.6) is 0 Å². The van der Waals surface area contributed by atoms with Gasteiger partial charge in [-0.15, -0.1) is 0 Å². The lowest BCUT2D eigenvalue weighted by molar-refractivity contribution is 0.552. The average molecular weight is 179 g/mol. The Bertz CT molecular complexity index is 208. The van der Waals surface area contributed by atoms with E-state index in [4.69, 9.17) is 0 Å². The fraction of sp³-hybridized carbons (Fsp3) is 1.00. The maximum absolute atomic E-state index is 10.9. The van der Waals surface area contributed by atoms with E-state index in [1.807, 2.05) is 0 Å². The minimum atomic E-state index is -3.24. The Hall–Kier alpha value is -0.170. The van der Waals surface area contributed by atoms with Gasteiger partial charge in [0.1, 0.15) is 0 Å². The third-order valence-corrected chi connectivity index (χ3v) is 2.83. The molecule has 0 aromatic rings. The molecule has 5 nitrogen and oxygen atoms in total. The summed E-state index contributed by atoms with van der Waals surface area (Å²) in [6, 6.07) is 0.0486. The lowest BCUT2D eigenvalue weighted by Gasteiger charge is -2.09. The lowest BCUT2D eigenvalue weighted by atomic mass is 10.3. The topological polar surface area (TPSA) is 70.2 Å². The van der Waals surface area contributed by atoms with Crippen molar-refractivity contribution in [1.82, 2.24) is 14.8 Å². The lowest BCUT2D eigenvalue weighted by Crippen LogP contribution is -2.42. The summed E-state index contributed by atoms with van der Waals surface area (Å²) in [4.78, 5) is 0. The normalized spacial score (nSPS) is 25.7. The Balaban J connectivity index is 2.41. The van der Waals surface area contributed by atoms with E-state index in [9.17, 15) is 8.42 Å². The number of rotatable bonds is 3. The molecule has 1 fully saturated rings. The van der Waals surface area contributed by atoms with Crippen LogP contribution in [-0.2, 0) is 10.2 Å². The molecule has 0 aliphatic carbocycles. The molecule has 3 N–H and O–H groups in total. The molecule has 0 bridgehead atoms. The molecular weight excluding hydrogens is 166 g/mol. The summed E-state index contributed by atoms with van der Waals surface area (Å²) in [5.41, 5.74) is 0. The van der Waals surface area contributed by atoms with Crippen molar-refractivity contribution < 1.29 is 8.42 Å². The molecule has 0 amide bonds. The van der Waals surface area contributed by atoms with E-state index in [-0.39, 0.29) is 6.04 Å². The van der Waals surface area contributed by atoms with Gasteiger partial charge in [0.15, 0.2) is 0 Å². The van der Waals surface area contributed by atoms with Gasteiger partial charge in [0.25, 0.3) is 10.2 Å². The van der Waals surface area contributed by atoms with E-state index < -0.39 is 10.2 Å². The summed E-state index contributed by atoms with van der Waals surface area (Å²) in [5.74, 6) is 0. The summed E-state index contributed by atoms with van der Waals surface area (Å²) in [5, 5.41) is 3.06. The van der Waals surface area contributed by atoms with Crippen LogP contribution in [0.4, 0.5) is 0 Å². The van der Waals surface area contributed by atoms with E-state index in [0.29, 0.717) is 0 Å². The monoisotopic (exact) mass is 179 g/mol. The second-order valence-corrected chi connectivity index (χ2v) is 4.17. The smallest absolute Gasteiger partial charge is 0.276 e. The van der Waals surface area contributed by atoms with Gasteiger partial charge in [0.05, 0.1) is 0 Å². The molecule has 1 heterocycles. The van der Waals surface area contributed by atoms with Crippen LogP contribution < -0.4 is 14.8 Å². The van der Waals surface area contributed by atoms with Crippen molar-refractivity contribution in [1.29, 1.82) is 0 Å². The second-order valence-electron chi connectivity index (χ2n) is 2.52. The molecule has 0 unspecified atom stereocenters. The van der Waals surface area contributed by atoms with Gasteiger partial charge in [-0.1, -0.05) is 0 Å². The van der Waals surface area contributed by atoms with Gasteiger partial charge in [-0.05, 0) is 13.0 Å². The van der Waals surface area contributed by atoms with Crippen LogP contribution in [0.15, 0.2) is 0 Å². The van der Waals surface area contributed by atoms with E-state index in [1.54, 1.807) is 0 Å². The number of hydrogen-bond donors (Lipinski definition) is 3. The van der Waals surface area contributed by atoms with Gasteiger partial charge < -0.3 is 5.32 Å². The first-order valence-electron chi connectivity index (χ1n) is 3.55. The zero-order valence-corrected chi connectivity index (χ0v) is 7.24. The molecule has 66 valence electrons. The third kappa shape index (κ3) is 2.74. The highest BCUT2D eigenvalue weighted by atomic mass is 32.2. The van der Waals surface area contributed by atoms with E-state index in [2.05, 4.69) is 14.8 Å². The highest BCUT2D eigenvalue weighted by Crippen LogP contribution is 1.97. The quantitative estimate of drug-likeness (QED) is 0.489. The van der Waals surface area contributed by atoms with E-state index in [1.165, 1.54) is 7.05 Å². The van der Waals surface area contributed by atoms with Crippen molar-refractivity contribution in [2.24, 2.45) is 0 Å². The van der Waals surface area contributed by atoms with Crippen molar-refractivity contribution in [3.63, 3.8) is 0 Å². The largest absolute Gasteiger partial charge is 0.315 e. The summed E-state index contributed by atoms with van der Waals surface area (Å²) in [6.45, 7) is 1.61. The standard InChI is InChI=1S/C5H13N3O2S/c1-6-11(9,10)8-5-2-3-7-4-5/h5-8H,2-4H2,1H3/t5-/m0/s1. The third-order valence-electron chi connectivity index (χ3n) is 1.65. The Morgan fingerprint density at radius 2 is 2.27 bits per heavy atom. The maximum Gasteiger partial charge on any atom is 0.276 e. The summed E-state index contributed by atoms with van der Waals surface area (Å²) in [6.07, 6.45) is 0.862. The molecule has 1 aliphatic rings. The van der Waals surface area contributed by atoms with Gasteiger partial charge in [-0.2, -0.15) is 13.1 Å².